The number of thiophene rings is 1. The van der Waals surface area contributed by atoms with E-state index in [1.54, 1.807) is 11.3 Å². The molecule has 2 aliphatic carbocycles. The number of halogens is 1. The van der Waals surface area contributed by atoms with Crippen molar-refractivity contribution in [3.8, 4) is 0 Å². The van der Waals surface area contributed by atoms with Crippen molar-refractivity contribution in [3.63, 3.8) is 0 Å². The van der Waals surface area contributed by atoms with Gasteiger partial charge in [-0.05, 0) is 56.4 Å². The molecule has 1 saturated carbocycles. The standard InChI is InChI=1S/C16H24N2OS.ClH/c1-10-2-7-13-14(9-20-15(13)8-10)16(19)18-12-5-3-11(17)4-6-12;/h9-12H,2-8,17H2,1H3,(H,18,19);1H. The van der Waals surface area contributed by atoms with Gasteiger partial charge in [-0.1, -0.05) is 6.92 Å². The predicted octanol–water partition coefficient (Wildman–Crippen LogP) is 3.29. The highest BCUT2D eigenvalue weighted by molar-refractivity contribution is 7.10. The number of amides is 1. The van der Waals surface area contributed by atoms with Crippen molar-refractivity contribution < 1.29 is 4.79 Å². The lowest BCUT2D eigenvalue weighted by Crippen LogP contribution is -2.40. The Morgan fingerprint density at radius 3 is 2.71 bits per heavy atom. The van der Waals surface area contributed by atoms with Crippen LogP contribution in [0.2, 0.25) is 0 Å². The zero-order valence-electron chi connectivity index (χ0n) is 12.6. The Bertz CT molecular complexity index is 494. The summed E-state index contributed by atoms with van der Waals surface area (Å²) in [5.41, 5.74) is 8.17. The van der Waals surface area contributed by atoms with E-state index in [1.807, 2.05) is 0 Å². The van der Waals surface area contributed by atoms with Gasteiger partial charge in [0.25, 0.3) is 5.91 Å². The Hall–Kier alpha value is -0.580. The van der Waals surface area contributed by atoms with Crippen LogP contribution in [0.15, 0.2) is 5.38 Å². The maximum absolute atomic E-state index is 12.5. The molecule has 3 nitrogen and oxygen atoms in total. The third-order valence-corrected chi connectivity index (χ3v) is 5.80. The highest BCUT2D eigenvalue weighted by atomic mass is 35.5. The summed E-state index contributed by atoms with van der Waals surface area (Å²) in [7, 11) is 0. The van der Waals surface area contributed by atoms with Gasteiger partial charge < -0.3 is 11.1 Å². The summed E-state index contributed by atoms with van der Waals surface area (Å²) in [4.78, 5) is 13.9. The molecular formula is C16H25ClN2OS. The molecule has 0 bridgehead atoms. The quantitative estimate of drug-likeness (QED) is 0.875. The van der Waals surface area contributed by atoms with Gasteiger partial charge in [-0.3, -0.25) is 4.79 Å². The minimum atomic E-state index is 0. The third-order valence-electron chi connectivity index (χ3n) is 4.75. The Morgan fingerprint density at radius 2 is 2.00 bits per heavy atom. The summed E-state index contributed by atoms with van der Waals surface area (Å²) in [5, 5.41) is 5.28. The van der Waals surface area contributed by atoms with E-state index in [0.717, 1.165) is 50.0 Å². The number of nitrogens with two attached hydrogens (primary N) is 1. The first-order valence-electron chi connectivity index (χ1n) is 7.79. The summed E-state index contributed by atoms with van der Waals surface area (Å²) in [5.74, 6) is 0.898. The molecule has 0 aromatic carbocycles. The molecule has 0 saturated heterocycles. The lowest BCUT2D eigenvalue weighted by molar-refractivity contribution is 0.0925. The number of fused-ring (bicyclic) bond motifs is 1. The second kappa shape index (κ2) is 7.12. The Balaban J connectivity index is 0.00000161. The Kier molecular flexibility index (Phi) is 5.69. The molecule has 118 valence electrons. The van der Waals surface area contributed by atoms with Gasteiger partial charge in [-0.15, -0.1) is 23.7 Å². The predicted molar refractivity (Wildman–Crippen MR) is 90.5 cm³/mol. The van der Waals surface area contributed by atoms with Crippen LogP contribution >= 0.6 is 23.7 Å². The van der Waals surface area contributed by atoms with E-state index in [0.29, 0.717) is 12.1 Å². The molecule has 1 atom stereocenters. The fraction of sp³-hybridized carbons (Fsp3) is 0.688. The van der Waals surface area contributed by atoms with E-state index in [4.69, 9.17) is 5.73 Å². The van der Waals surface area contributed by atoms with Crippen molar-refractivity contribution >= 4 is 29.7 Å². The van der Waals surface area contributed by atoms with Gasteiger partial charge in [0.15, 0.2) is 0 Å². The normalized spacial score (nSPS) is 28.4. The zero-order valence-corrected chi connectivity index (χ0v) is 14.2. The smallest absolute Gasteiger partial charge is 0.252 e. The topological polar surface area (TPSA) is 55.1 Å². The second-order valence-electron chi connectivity index (χ2n) is 6.48. The van der Waals surface area contributed by atoms with Crippen LogP contribution in [0.4, 0.5) is 0 Å². The average Bonchev–Trinajstić information content (AvgIpc) is 2.84. The van der Waals surface area contributed by atoms with E-state index in [9.17, 15) is 4.79 Å². The molecule has 1 heterocycles. The van der Waals surface area contributed by atoms with Gasteiger partial charge in [-0.25, -0.2) is 0 Å². The van der Waals surface area contributed by atoms with Crippen molar-refractivity contribution in [2.75, 3.05) is 0 Å². The van der Waals surface area contributed by atoms with Crippen LogP contribution in [0.3, 0.4) is 0 Å². The summed E-state index contributed by atoms with van der Waals surface area (Å²) in [6.45, 7) is 2.30. The monoisotopic (exact) mass is 328 g/mol. The highest BCUT2D eigenvalue weighted by Crippen LogP contribution is 2.33. The van der Waals surface area contributed by atoms with Gasteiger partial charge in [-0.2, -0.15) is 0 Å². The van der Waals surface area contributed by atoms with Crippen LogP contribution in [0.1, 0.15) is 59.8 Å². The van der Waals surface area contributed by atoms with E-state index in [2.05, 4.69) is 17.6 Å². The molecule has 1 aromatic rings. The molecule has 1 fully saturated rings. The highest BCUT2D eigenvalue weighted by Gasteiger charge is 2.25. The van der Waals surface area contributed by atoms with Gasteiger partial charge in [0, 0.05) is 22.3 Å². The van der Waals surface area contributed by atoms with E-state index >= 15 is 0 Å². The molecule has 1 unspecified atom stereocenters. The summed E-state index contributed by atoms with van der Waals surface area (Å²) >= 11 is 1.77. The first kappa shape index (κ1) is 16.8. The number of rotatable bonds is 2. The van der Waals surface area contributed by atoms with Crippen LogP contribution < -0.4 is 11.1 Å². The molecular weight excluding hydrogens is 304 g/mol. The Labute approximate surface area is 137 Å². The van der Waals surface area contributed by atoms with Crippen LogP contribution in [-0.2, 0) is 12.8 Å². The zero-order chi connectivity index (χ0) is 14.1. The minimum Gasteiger partial charge on any atom is -0.349 e. The van der Waals surface area contributed by atoms with Crippen molar-refractivity contribution in [1.29, 1.82) is 0 Å². The number of carbonyl (C=O) groups excluding carboxylic acids is 1. The van der Waals surface area contributed by atoms with Gasteiger partial charge in [0.1, 0.15) is 0 Å². The molecule has 1 amide bonds. The lowest BCUT2D eigenvalue weighted by Gasteiger charge is -2.27. The van der Waals surface area contributed by atoms with Crippen molar-refractivity contribution in [3.05, 3.63) is 21.4 Å². The summed E-state index contributed by atoms with van der Waals surface area (Å²) in [6, 6.07) is 0.652. The second-order valence-corrected chi connectivity index (χ2v) is 7.45. The Morgan fingerprint density at radius 1 is 1.29 bits per heavy atom. The van der Waals surface area contributed by atoms with Crippen molar-refractivity contribution in [2.24, 2.45) is 11.7 Å². The third kappa shape index (κ3) is 3.79. The molecule has 0 spiro atoms. The molecule has 5 heteroatoms. The largest absolute Gasteiger partial charge is 0.349 e. The van der Waals surface area contributed by atoms with E-state index in [-0.39, 0.29) is 18.3 Å². The fourth-order valence-electron chi connectivity index (χ4n) is 3.39. The minimum absolute atomic E-state index is 0. The molecule has 3 rings (SSSR count). The van der Waals surface area contributed by atoms with Crippen LogP contribution in [0, 0.1) is 5.92 Å². The fourth-order valence-corrected chi connectivity index (χ4v) is 4.64. The first-order valence-corrected chi connectivity index (χ1v) is 8.67. The van der Waals surface area contributed by atoms with Crippen LogP contribution in [-0.4, -0.2) is 18.0 Å². The van der Waals surface area contributed by atoms with Gasteiger partial charge in [0.2, 0.25) is 0 Å². The molecule has 0 aliphatic heterocycles. The first-order chi connectivity index (χ1) is 9.63. The van der Waals surface area contributed by atoms with Gasteiger partial charge in [0.05, 0.1) is 5.56 Å². The number of hydrogen-bond donors (Lipinski definition) is 2. The lowest BCUT2D eigenvalue weighted by atomic mass is 9.88. The summed E-state index contributed by atoms with van der Waals surface area (Å²) < 4.78 is 0. The summed E-state index contributed by atoms with van der Waals surface area (Å²) in [6.07, 6.45) is 7.53. The maximum Gasteiger partial charge on any atom is 0.252 e. The SMILES string of the molecule is CC1CCc2c(C(=O)NC3CCC(N)CC3)csc2C1.Cl. The molecule has 1 aromatic heterocycles. The van der Waals surface area contributed by atoms with Crippen LogP contribution in [0.25, 0.3) is 0 Å². The van der Waals surface area contributed by atoms with Crippen LogP contribution in [0.5, 0.6) is 0 Å². The molecule has 3 N–H and O–H groups in total. The molecule has 21 heavy (non-hydrogen) atoms. The van der Waals surface area contributed by atoms with Gasteiger partial charge >= 0.3 is 0 Å². The molecule has 0 radical (unpaired) electrons. The average molecular weight is 329 g/mol. The number of nitrogens with one attached hydrogen (secondary N) is 1. The van der Waals surface area contributed by atoms with E-state index < -0.39 is 0 Å². The molecule has 2 aliphatic rings. The maximum atomic E-state index is 12.5. The van der Waals surface area contributed by atoms with Crippen molar-refractivity contribution in [2.45, 2.75) is 64.0 Å². The number of hydrogen-bond acceptors (Lipinski definition) is 3. The number of carbonyl (C=O) groups is 1. The van der Waals surface area contributed by atoms with Crippen molar-refractivity contribution in [1.82, 2.24) is 5.32 Å². The van der Waals surface area contributed by atoms with E-state index in [1.165, 1.54) is 16.9 Å².